The van der Waals surface area contributed by atoms with E-state index in [-0.39, 0.29) is 5.56 Å². The van der Waals surface area contributed by atoms with Crippen LogP contribution in [0.25, 0.3) is 6.08 Å². The second-order valence-corrected chi connectivity index (χ2v) is 6.21. The molecular formula is C24H19NO5. The Labute approximate surface area is 173 Å². The van der Waals surface area contributed by atoms with Gasteiger partial charge in [0.05, 0.1) is 18.4 Å². The van der Waals surface area contributed by atoms with Crippen molar-refractivity contribution in [2.45, 2.75) is 0 Å². The number of carboxylic acids is 1. The molecule has 0 aliphatic heterocycles. The van der Waals surface area contributed by atoms with Crippen LogP contribution in [0.15, 0.2) is 83.9 Å². The first-order valence-corrected chi connectivity index (χ1v) is 9.05. The molecule has 0 atom stereocenters. The summed E-state index contributed by atoms with van der Waals surface area (Å²) in [6.45, 7) is 0. The molecule has 0 aliphatic rings. The van der Waals surface area contributed by atoms with Crippen molar-refractivity contribution in [3.05, 3.63) is 95.6 Å². The van der Waals surface area contributed by atoms with Gasteiger partial charge in [0.25, 0.3) is 0 Å². The Morgan fingerprint density at radius 1 is 0.833 bits per heavy atom. The summed E-state index contributed by atoms with van der Waals surface area (Å²) < 4.78 is 10.4. The summed E-state index contributed by atoms with van der Waals surface area (Å²) in [5.74, 6) is -0.293. The number of carbonyl (C=O) groups is 2. The van der Waals surface area contributed by atoms with Crippen LogP contribution in [0.1, 0.15) is 21.5 Å². The highest BCUT2D eigenvalue weighted by molar-refractivity contribution is 5.89. The molecule has 0 aromatic heterocycles. The van der Waals surface area contributed by atoms with Gasteiger partial charge in [-0.05, 0) is 77.9 Å². The number of esters is 1. The van der Waals surface area contributed by atoms with Crippen molar-refractivity contribution in [3.63, 3.8) is 0 Å². The maximum Gasteiger partial charge on any atom is 0.336 e. The van der Waals surface area contributed by atoms with Crippen molar-refractivity contribution in [1.29, 1.82) is 0 Å². The predicted octanol–water partition coefficient (Wildman–Crippen LogP) is 4.76. The molecule has 6 heteroatoms. The highest BCUT2D eigenvalue weighted by atomic mass is 16.5. The molecule has 0 fully saturated rings. The lowest BCUT2D eigenvalue weighted by Crippen LogP contribution is -2.03. The minimum Gasteiger partial charge on any atom is -0.497 e. The van der Waals surface area contributed by atoms with Crippen molar-refractivity contribution in [1.82, 2.24) is 0 Å². The largest absolute Gasteiger partial charge is 0.497 e. The maximum absolute atomic E-state index is 12.0. The molecule has 0 radical (unpaired) electrons. The smallest absolute Gasteiger partial charge is 0.336 e. The van der Waals surface area contributed by atoms with Crippen molar-refractivity contribution in [2.75, 3.05) is 7.11 Å². The van der Waals surface area contributed by atoms with Crippen LogP contribution in [0, 0.1) is 0 Å². The number of hydrogen-bond donors (Lipinski definition) is 1. The summed E-state index contributed by atoms with van der Waals surface area (Å²) in [6, 6.07) is 20.4. The first-order valence-electron chi connectivity index (χ1n) is 9.05. The van der Waals surface area contributed by atoms with Gasteiger partial charge in [-0.25, -0.2) is 9.59 Å². The van der Waals surface area contributed by atoms with Crippen LogP contribution in [0.4, 0.5) is 5.69 Å². The Balaban J connectivity index is 1.56. The van der Waals surface area contributed by atoms with Crippen molar-refractivity contribution < 1.29 is 24.2 Å². The number of aliphatic imine (C=N–C) groups is 1. The molecule has 0 saturated heterocycles. The summed E-state index contributed by atoms with van der Waals surface area (Å²) in [7, 11) is 1.60. The fourth-order valence-electron chi connectivity index (χ4n) is 2.49. The summed E-state index contributed by atoms with van der Waals surface area (Å²) in [6.07, 6.45) is 4.67. The van der Waals surface area contributed by atoms with Crippen molar-refractivity contribution in [2.24, 2.45) is 4.99 Å². The van der Waals surface area contributed by atoms with Crippen LogP contribution in [-0.4, -0.2) is 30.4 Å². The Hall–Kier alpha value is -4.19. The number of nitrogens with zero attached hydrogens (tertiary/aromatic N) is 1. The van der Waals surface area contributed by atoms with E-state index in [1.807, 2.05) is 24.3 Å². The molecule has 1 N–H and O–H groups in total. The molecule has 150 valence electrons. The van der Waals surface area contributed by atoms with Crippen molar-refractivity contribution >= 4 is 29.9 Å². The van der Waals surface area contributed by atoms with Crippen LogP contribution in [0.3, 0.4) is 0 Å². The zero-order valence-corrected chi connectivity index (χ0v) is 16.2. The third kappa shape index (κ3) is 5.90. The number of benzene rings is 3. The SMILES string of the molecule is COc1ccc(/C=C/C(=O)Oc2ccc(C=Nc3ccc(C(=O)O)cc3)cc2)cc1. The Kier molecular flexibility index (Phi) is 6.74. The fraction of sp³-hybridized carbons (Fsp3) is 0.0417. The lowest BCUT2D eigenvalue weighted by molar-refractivity contribution is -0.128. The number of aromatic carboxylic acids is 1. The van der Waals surface area contributed by atoms with E-state index in [9.17, 15) is 9.59 Å². The number of hydrogen-bond acceptors (Lipinski definition) is 5. The van der Waals surface area contributed by atoms with E-state index >= 15 is 0 Å². The van der Waals surface area contributed by atoms with Gasteiger partial charge in [0, 0.05) is 12.3 Å². The molecule has 30 heavy (non-hydrogen) atoms. The standard InChI is InChI=1S/C24H19NO5/c1-29-21-11-2-17(3-12-21)6-15-23(26)30-22-13-4-18(5-14-22)16-25-20-9-7-19(8-10-20)24(27)28/h2-16H,1H3,(H,27,28)/b15-6+,25-16?. The van der Waals surface area contributed by atoms with Gasteiger partial charge in [-0.2, -0.15) is 0 Å². The van der Waals surface area contributed by atoms with Crippen LogP contribution in [-0.2, 0) is 4.79 Å². The summed E-state index contributed by atoms with van der Waals surface area (Å²) in [4.78, 5) is 27.1. The van der Waals surface area contributed by atoms with E-state index in [0.717, 1.165) is 16.9 Å². The van der Waals surface area contributed by atoms with Gasteiger partial charge in [-0.15, -0.1) is 0 Å². The third-order valence-electron chi connectivity index (χ3n) is 4.10. The molecule has 0 saturated carbocycles. The van der Waals surface area contributed by atoms with Gasteiger partial charge in [0.15, 0.2) is 0 Å². The van der Waals surface area contributed by atoms with Gasteiger partial charge < -0.3 is 14.6 Å². The highest BCUT2D eigenvalue weighted by Gasteiger charge is 2.02. The van der Waals surface area contributed by atoms with Crippen LogP contribution < -0.4 is 9.47 Å². The molecule has 0 bridgehead atoms. The third-order valence-corrected chi connectivity index (χ3v) is 4.10. The second kappa shape index (κ2) is 9.84. The molecule has 0 heterocycles. The first-order chi connectivity index (χ1) is 14.5. The Morgan fingerprint density at radius 2 is 1.43 bits per heavy atom. The normalized spacial score (nSPS) is 11.0. The van der Waals surface area contributed by atoms with Gasteiger partial charge in [-0.1, -0.05) is 12.1 Å². The number of carbonyl (C=O) groups excluding carboxylic acids is 1. The molecule has 3 aromatic carbocycles. The van der Waals surface area contributed by atoms with Crippen LogP contribution in [0.5, 0.6) is 11.5 Å². The van der Waals surface area contributed by atoms with E-state index in [1.54, 1.807) is 55.8 Å². The van der Waals surface area contributed by atoms with Gasteiger partial charge in [0.1, 0.15) is 11.5 Å². The lowest BCUT2D eigenvalue weighted by Gasteiger charge is -2.02. The second-order valence-electron chi connectivity index (χ2n) is 6.21. The monoisotopic (exact) mass is 401 g/mol. The van der Waals surface area contributed by atoms with Gasteiger partial charge in [0.2, 0.25) is 0 Å². The van der Waals surface area contributed by atoms with E-state index in [2.05, 4.69) is 4.99 Å². The fourth-order valence-corrected chi connectivity index (χ4v) is 2.49. The quantitative estimate of drug-likeness (QED) is 0.267. The molecular weight excluding hydrogens is 382 g/mol. The summed E-state index contributed by atoms with van der Waals surface area (Å²) >= 11 is 0. The average molecular weight is 401 g/mol. The Morgan fingerprint density at radius 3 is 2.03 bits per heavy atom. The minimum absolute atomic E-state index is 0.209. The van der Waals surface area contributed by atoms with Gasteiger partial charge >= 0.3 is 11.9 Å². The van der Waals surface area contributed by atoms with E-state index in [1.165, 1.54) is 18.2 Å². The zero-order chi connectivity index (χ0) is 21.3. The molecule has 0 amide bonds. The lowest BCUT2D eigenvalue weighted by atomic mass is 10.2. The molecule has 3 aromatic rings. The summed E-state index contributed by atoms with van der Waals surface area (Å²) in [5.41, 5.74) is 2.52. The van der Waals surface area contributed by atoms with Crippen LogP contribution in [0.2, 0.25) is 0 Å². The number of rotatable bonds is 7. The number of carboxylic acid groups (broad SMARTS) is 1. The average Bonchev–Trinajstić information content (AvgIpc) is 2.78. The first kappa shape index (κ1) is 20.5. The molecule has 0 spiro atoms. The number of ether oxygens (including phenoxy) is 2. The van der Waals surface area contributed by atoms with Crippen molar-refractivity contribution in [3.8, 4) is 11.5 Å². The molecule has 6 nitrogen and oxygen atoms in total. The predicted molar refractivity (Wildman–Crippen MR) is 115 cm³/mol. The molecule has 0 unspecified atom stereocenters. The van der Waals surface area contributed by atoms with E-state index < -0.39 is 11.9 Å². The maximum atomic E-state index is 12.0. The van der Waals surface area contributed by atoms with Crippen LogP contribution >= 0.6 is 0 Å². The zero-order valence-electron chi connectivity index (χ0n) is 16.2. The van der Waals surface area contributed by atoms with E-state index in [0.29, 0.717) is 11.4 Å². The topological polar surface area (TPSA) is 85.2 Å². The highest BCUT2D eigenvalue weighted by Crippen LogP contribution is 2.16. The van der Waals surface area contributed by atoms with E-state index in [4.69, 9.17) is 14.6 Å². The molecule has 0 aliphatic carbocycles. The van der Waals surface area contributed by atoms with Gasteiger partial charge in [-0.3, -0.25) is 4.99 Å². The molecule has 3 rings (SSSR count). The summed E-state index contributed by atoms with van der Waals surface area (Å²) in [5, 5.41) is 8.90. The minimum atomic E-state index is -0.977. The number of methoxy groups -OCH3 is 1. The Bertz CT molecular complexity index is 1070.